The van der Waals surface area contributed by atoms with Crippen molar-refractivity contribution in [3.05, 3.63) is 0 Å². The fourth-order valence-corrected chi connectivity index (χ4v) is 3.82. The second kappa shape index (κ2) is 4.82. The molecule has 100 valence electrons. The molecule has 0 radical (unpaired) electrons. The maximum atomic E-state index is 12.3. The van der Waals surface area contributed by atoms with Gasteiger partial charge in [0.15, 0.2) is 5.78 Å². The van der Waals surface area contributed by atoms with Crippen molar-refractivity contribution in [1.82, 2.24) is 0 Å². The highest BCUT2D eigenvalue weighted by molar-refractivity contribution is 6.06. The van der Waals surface area contributed by atoms with E-state index in [9.17, 15) is 14.4 Å². The molecule has 0 saturated heterocycles. The molecular weight excluding hydrogens is 232 g/mol. The Labute approximate surface area is 107 Å². The van der Waals surface area contributed by atoms with Crippen LogP contribution in [0.1, 0.15) is 45.4 Å². The van der Waals surface area contributed by atoms with Crippen LogP contribution in [0.3, 0.4) is 0 Å². The fraction of sp³-hybridized carbons (Fsp3) is 0.786. The lowest BCUT2D eigenvalue weighted by atomic mass is 9.54. The third-order valence-corrected chi connectivity index (χ3v) is 4.70. The SMILES string of the molecule is CC[C@H]1C(=O)CC[C@@]2(C(=O)OC)C(=O)CCC[C@H]12. The first-order valence-electron chi connectivity index (χ1n) is 6.72. The van der Waals surface area contributed by atoms with Gasteiger partial charge in [-0.05, 0) is 31.6 Å². The molecule has 2 fully saturated rings. The van der Waals surface area contributed by atoms with Crippen LogP contribution in [0.25, 0.3) is 0 Å². The molecule has 3 atom stereocenters. The number of ketones is 2. The van der Waals surface area contributed by atoms with Gasteiger partial charge in [-0.1, -0.05) is 6.92 Å². The molecule has 0 spiro atoms. The molecule has 0 aromatic heterocycles. The summed E-state index contributed by atoms with van der Waals surface area (Å²) < 4.78 is 4.88. The lowest BCUT2D eigenvalue weighted by Gasteiger charge is -2.46. The summed E-state index contributed by atoms with van der Waals surface area (Å²) in [7, 11) is 1.33. The molecule has 2 aliphatic rings. The molecule has 0 aliphatic heterocycles. The number of ether oxygens (including phenoxy) is 1. The van der Waals surface area contributed by atoms with E-state index in [4.69, 9.17) is 4.74 Å². The first-order valence-corrected chi connectivity index (χ1v) is 6.72. The van der Waals surface area contributed by atoms with E-state index in [0.717, 1.165) is 12.8 Å². The van der Waals surface area contributed by atoms with Crippen molar-refractivity contribution in [2.24, 2.45) is 17.3 Å². The molecule has 4 nitrogen and oxygen atoms in total. The molecule has 2 aliphatic carbocycles. The van der Waals surface area contributed by atoms with Gasteiger partial charge in [-0.2, -0.15) is 0 Å². The average Bonchev–Trinajstić information content (AvgIpc) is 2.38. The first-order chi connectivity index (χ1) is 8.57. The van der Waals surface area contributed by atoms with Crippen molar-refractivity contribution < 1.29 is 19.1 Å². The third-order valence-electron chi connectivity index (χ3n) is 4.70. The Morgan fingerprint density at radius 3 is 2.72 bits per heavy atom. The minimum Gasteiger partial charge on any atom is -0.468 e. The molecule has 2 saturated carbocycles. The number of carbonyl (C=O) groups is 3. The highest BCUT2D eigenvalue weighted by Crippen LogP contribution is 2.51. The van der Waals surface area contributed by atoms with Gasteiger partial charge in [-0.25, -0.2) is 0 Å². The molecule has 18 heavy (non-hydrogen) atoms. The van der Waals surface area contributed by atoms with Crippen LogP contribution < -0.4 is 0 Å². The van der Waals surface area contributed by atoms with Crippen molar-refractivity contribution in [3.8, 4) is 0 Å². The van der Waals surface area contributed by atoms with Crippen LogP contribution in [-0.4, -0.2) is 24.6 Å². The van der Waals surface area contributed by atoms with E-state index in [2.05, 4.69) is 0 Å². The molecule has 0 N–H and O–H groups in total. The molecule has 4 heteroatoms. The number of rotatable bonds is 2. The smallest absolute Gasteiger partial charge is 0.319 e. The van der Waals surface area contributed by atoms with Crippen LogP contribution in [0.15, 0.2) is 0 Å². The largest absolute Gasteiger partial charge is 0.468 e. The van der Waals surface area contributed by atoms with Gasteiger partial charge in [0.05, 0.1) is 7.11 Å². The van der Waals surface area contributed by atoms with Crippen molar-refractivity contribution in [3.63, 3.8) is 0 Å². The van der Waals surface area contributed by atoms with Crippen molar-refractivity contribution >= 4 is 17.5 Å². The van der Waals surface area contributed by atoms with Crippen molar-refractivity contribution in [1.29, 1.82) is 0 Å². The summed E-state index contributed by atoms with van der Waals surface area (Å²) in [5.41, 5.74) is -1.03. The van der Waals surface area contributed by atoms with Crippen LogP contribution in [0.5, 0.6) is 0 Å². The van der Waals surface area contributed by atoms with E-state index in [1.807, 2.05) is 6.92 Å². The minimum absolute atomic E-state index is 0.0171. The Kier molecular flexibility index (Phi) is 3.55. The van der Waals surface area contributed by atoms with Crippen molar-refractivity contribution in [2.45, 2.75) is 45.4 Å². The topological polar surface area (TPSA) is 60.4 Å². The van der Waals surface area contributed by atoms with Gasteiger partial charge >= 0.3 is 5.97 Å². The Morgan fingerprint density at radius 1 is 1.39 bits per heavy atom. The predicted octanol–water partition coefficient (Wildman–Crippen LogP) is 1.90. The minimum atomic E-state index is -1.03. The maximum absolute atomic E-state index is 12.3. The van der Waals surface area contributed by atoms with Crippen LogP contribution >= 0.6 is 0 Å². The number of fused-ring (bicyclic) bond motifs is 1. The Balaban J connectivity index is 2.44. The van der Waals surface area contributed by atoms with Gasteiger partial charge in [0.1, 0.15) is 11.2 Å². The Morgan fingerprint density at radius 2 is 2.11 bits per heavy atom. The Bertz CT molecular complexity index is 377. The third kappa shape index (κ3) is 1.70. The second-order valence-electron chi connectivity index (χ2n) is 5.37. The van der Waals surface area contributed by atoms with Gasteiger partial charge < -0.3 is 4.74 Å². The molecule has 0 heterocycles. The molecule has 0 unspecified atom stereocenters. The van der Waals surface area contributed by atoms with Crippen LogP contribution in [0, 0.1) is 17.3 Å². The summed E-state index contributed by atoms with van der Waals surface area (Å²) in [5, 5.41) is 0. The zero-order valence-corrected chi connectivity index (χ0v) is 11.0. The highest BCUT2D eigenvalue weighted by Gasteiger charge is 2.59. The quantitative estimate of drug-likeness (QED) is 0.556. The zero-order valence-electron chi connectivity index (χ0n) is 11.0. The molecule has 0 amide bonds. The summed E-state index contributed by atoms with van der Waals surface area (Å²) in [5.74, 6) is -0.532. The monoisotopic (exact) mass is 252 g/mol. The summed E-state index contributed by atoms with van der Waals surface area (Å²) in [6.45, 7) is 1.95. The van der Waals surface area contributed by atoms with E-state index >= 15 is 0 Å². The molecule has 2 rings (SSSR count). The number of carbonyl (C=O) groups excluding carboxylic acids is 3. The lowest BCUT2D eigenvalue weighted by molar-refractivity contribution is -0.171. The summed E-state index contributed by atoms with van der Waals surface area (Å²) >= 11 is 0. The summed E-state index contributed by atoms with van der Waals surface area (Å²) in [6.07, 6.45) is 3.39. The highest BCUT2D eigenvalue weighted by atomic mass is 16.5. The molecule has 0 bridgehead atoms. The molecular formula is C14H20O4. The van der Waals surface area contributed by atoms with E-state index in [0.29, 0.717) is 25.7 Å². The number of hydrogen-bond acceptors (Lipinski definition) is 4. The van der Waals surface area contributed by atoms with Gasteiger partial charge in [-0.3, -0.25) is 14.4 Å². The first kappa shape index (κ1) is 13.2. The van der Waals surface area contributed by atoms with Gasteiger partial charge in [0.25, 0.3) is 0 Å². The standard InChI is InChI=1S/C14H20O4/c1-3-9-10-5-4-6-12(16)14(10,13(17)18-2)8-7-11(9)15/h9-10H,3-8H2,1-2H3/t9-,10-,14+/m1/s1. The molecule has 0 aromatic rings. The summed E-state index contributed by atoms with van der Waals surface area (Å²) in [6, 6.07) is 0. The maximum Gasteiger partial charge on any atom is 0.319 e. The van der Waals surface area contributed by atoms with E-state index < -0.39 is 11.4 Å². The number of methoxy groups -OCH3 is 1. The van der Waals surface area contributed by atoms with E-state index in [1.165, 1.54) is 7.11 Å². The van der Waals surface area contributed by atoms with Gasteiger partial charge in [0, 0.05) is 18.8 Å². The Hall–Kier alpha value is -1.19. The number of esters is 1. The van der Waals surface area contributed by atoms with Crippen LogP contribution in [-0.2, 0) is 19.1 Å². The van der Waals surface area contributed by atoms with Crippen LogP contribution in [0.4, 0.5) is 0 Å². The van der Waals surface area contributed by atoms with E-state index in [-0.39, 0.29) is 23.4 Å². The van der Waals surface area contributed by atoms with E-state index in [1.54, 1.807) is 0 Å². The van der Waals surface area contributed by atoms with Crippen LogP contribution in [0.2, 0.25) is 0 Å². The average molecular weight is 252 g/mol. The zero-order chi connectivity index (χ0) is 13.3. The fourth-order valence-electron chi connectivity index (χ4n) is 3.82. The summed E-state index contributed by atoms with van der Waals surface area (Å²) in [4.78, 5) is 36.4. The normalized spacial score (nSPS) is 36.1. The van der Waals surface area contributed by atoms with Gasteiger partial charge in [-0.15, -0.1) is 0 Å². The number of Topliss-reactive ketones (excluding diaryl/α,β-unsaturated/α-hetero) is 2. The predicted molar refractivity (Wildman–Crippen MR) is 64.8 cm³/mol. The van der Waals surface area contributed by atoms with Gasteiger partial charge in [0.2, 0.25) is 0 Å². The molecule has 0 aromatic carbocycles. The van der Waals surface area contributed by atoms with Crippen molar-refractivity contribution in [2.75, 3.05) is 7.11 Å². The second-order valence-corrected chi connectivity index (χ2v) is 5.37. The number of hydrogen-bond donors (Lipinski definition) is 0. The lowest BCUT2D eigenvalue weighted by Crippen LogP contribution is -2.55.